The highest BCUT2D eigenvalue weighted by Crippen LogP contribution is 2.45. The van der Waals surface area contributed by atoms with Crippen molar-refractivity contribution >= 4 is 20.6 Å². The number of ether oxygens (including phenoxy) is 1. The fourth-order valence-corrected chi connectivity index (χ4v) is 4.13. The largest absolute Gasteiger partial charge is 0.462 e. The van der Waals surface area contributed by atoms with Crippen molar-refractivity contribution in [2.24, 2.45) is 11.8 Å². The molecule has 108 valence electrons. The van der Waals surface area contributed by atoms with Crippen LogP contribution in [0.1, 0.15) is 33.6 Å². The summed E-state index contributed by atoms with van der Waals surface area (Å²) < 4.78 is 11.6. The van der Waals surface area contributed by atoms with Crippen molar-refractivity contribution in [1.29, 1.82) is 0 Å². The van der Waals surface area contributed by atoms with Gasteiger partial charge in [-0.3, -0.25) is 4.79 Å². The van der Waals surface area contributed by atoms with Crippen LogP contribution >= 0.6 is 0 Å². The standard InChI is InChI=1S/C14H24O4Si/c1-14(2,3)19(4,5)18-12-7-11-9(10(12)8-15)6-13(16)17-11/h8-12H,6-7H2,1-5H3. The third-order valence-electron chi connectivity index (χ3n) is 4.96. The Kier molecular flexibility index (Phi) is 3.64. The fourth-order valence-electron chi connectivity index (χ4n) is 2.77. The van der Waals surface area contributed by atoms with Crippen molar-refractivity contribution in [2.45, 2.75) is 64.0 Å². The highest BCUT2D eigenvalue weighted by atomic mass is 28.4. The van der Waals surface area contributed by atoms with Crippen molar-refractivity contribution in [2.75, 3.05) is 0 Å². The van der Waals surface area contributed by atoms with Crippen molar-refractivity contribution < 1.29 is 18.8 Å². The summed E-state index contributed by atoms with van der Waals surface area (Å²) in [5.41, 5.74) is 0. The Bertz CT molecular complexity index is 385. The molecule has 0 aromatic carbocycles. The van der Waals surface area contributed by atoms with Gasteiger partial charge in [0.05, 0.1) is 12.5 Å². The maximum atomic E-state index is 11.4. The van der Waals surface area contributed by atoms with E-state index < -0.39 is 8.32 Å². The maximum Gasteiger partial charge on any atom is 0.306 e. The molecule has 2 aliphatic rings. The molecule has 1 aliphatic carbocycles. The molecule has 4 nitrogen and oxygen atoms in total. The van der Waals surface area contributed by atoms with Gasteiger partial charge in [-0.05, 0) is 18.1 Å². The number of aldehydes is 1. The smallest absolute Gasteiger partial charge is 0.306 e. The number of carbonyl (C=O) groups is 2. The predicted molar refractivity (Wildman–Crippen MR) is 74.2 cm³/mol. The zero-order valence-corrected chi connectivity index (χ0v) is 13.4. The second kappa shape index (κ2) is 4.70. The van der Waals surface area contributed by atoms with Crippen molar-refractivity contribution in [3.63, 3.8) is 0 Å². The molecule has 0 aromatic heterocycles. The lowest BCUT2D eigenvalue weighted by Gasteiger charge is -2.39. The van der Waals surface area contributed by atoms with Crippen LogP contribution in [0.2, 0.25) is 18.1 Å². The van der Waals surface area contributed by atoms with E-state index in [1.165, 1.54) is 0 Å². The van der Waals surface area contributed by atoms with E-state index in [1.807, 2.05) is 0 Å². The van der Waals surface area contributed by atoms with Crippen LogP contribution in [0.15, 0.2) is 0 Å². The van der Waals surface area contributed by atoms with Crippen LogP contribution in [-0.2, 0) is 18.8 Å². The normalized spacial score (nSPS) is 35.1. The topological polar surface area (TPSA) is 52.6 Å². The zero-order valence-electron chi connectivity index (χ0n) is 12.4. The molecule has 2 rings (SSSR count). The molecule has 1 aliphatic heterocycles. The third-order valence-corrected chi connectivity index (χ3v) is 9.46. The highest BCUT2D eigenvalue weighted by molar-refractivity contribution is 6.74. The van der Waals surface area contributed by atoms with Crippen LogP contribution in [0.4, 0.5) is 0 Å². The molecule has 1 saturated carbocycles. The second-order valence-corrected chi connectivity index (χ2v) is 12.0. The summed E-state index contributed by atoms with van der Waals surface area (Å²) in [7, 11) is -1.89. The van der Waals surface area contributed by atoms with Gasteiger partial charge in [0, 0.05) is 18.3 Å². The fraction of sp³-hybridized carbons (Fsp3) is 0.857. The molecule has 0 amide bonds. The number of carbonyl (C=O) groups excluding carboxylic acids is 2. The van der Waals surface area contributed by atoms with E-state index in [4.69, 9.17) is 9.16 Å². The minimum Gasteiger partial charge on any atom is -0.462 e. The Labute approximate surface area is 116 Å². The van der Waals surface area contributed by atoms with Crippen LogP contribution in [0, 0.1) is 11.8 Å². The average molecular weight is 284 g/mol. The van der Waals surface area contributed by atoms with Crippen LogP contribution in [0.25, 0.3) is 0 Å². The van der Waals surface area contributed by atoms with Crippen molar-refractivity contribution in [3.8, 4) is 0 Å². The first kappa shape index (κ1) is 14.7. The molecule has 0 bridgehead atoms. The lowest BCUT2D eigenvalue weighted by Crippen LogP contribution is -2.45. The average Bonchev–Trinajstić information content (AvgIpc) is 2.70. The van der Waals surface area contributed by atoms with Gasteiger partial charge in [-0.2, -0.15) is 0 Å². The van der Waals surface area contributed by atoms with Gasteiger partial charge in [0.1, 0.15) is 12.4 Å². The lowest BCUT2D eigenvalue weighted by molar-refractivity contribution is -0.141. The number of esters is 1. The van der Waals surface area contributed by atoms with E-state index in [0.717, 1.165) is 6.29 Å². The molecular formula is C14H24O4Si. The zero-order chi connectivity index (χ0) is 14.4. The molecule has 0 aromatic rings. The molecule has 1 heterocycles. The predicted octanol–water partition coefficient (Wildman–Crippen LogP) is 2.53. The van der Waals surface area contributed by atoms with E-state index in [9.17, 15) is 9.59 Å². The summed E-state index contributed by atoms with van der Waals surface area (Å²) in [6.07, 6.45) is 1.81. The van der Waals surface area contributed by atoms with Crippen molar-refractivity contribution in [3.05, 3.63) is 0 Å². The van der Waals surface area contributed by atoms with E-state index in [2.05, 4.69) is 33.9 Å². The van der Waals surface area contributed by atoms with Crippen LogP contribution < -0.4 is 0 Å². The maximum absolute atomic E-state index is 11.4. The Morgan fingerprint density at radius 1 is 1.37 bits per heavy atom. The quantitative estimate of drug-likeness (QED) is 0.454. The van der Waals surface area contributed by atoms with E-state index >= 15 is 0 Å². The summed E-state index contributed by atoms with van der Waals surface area (Å²) >= 11 is 0. The second-order valence-electron chi connectivity index (χ2n) is 7.26. The molecule has 1 saturated heterocycles. The number of rotatable bonds is 3. The molecule has 4 unspecified atom stereocenters. The molecule has 5 heteroatoms. The van der Waals surface area contributed by atoms with Crippen LogP contribution in [0.3, 0.4) is 0 Å². The molecule has 0 radical (unpaired) electrons. The van der Waals surface area contributed by atoms with Gasteiger partial charge >= 0.3 is 5.97 Å². The van der Waals surface area contributed by atoms with Gasteiger partial charge in [0.25, 0.3) is 0 Å². The minimum absolute atomic E-state index is 0.0276. The summed E-state index contributed by atoms with van der Waals surface area (Å²) in [6, 6.07) is 0. The summed E-state index contributed by atoms with van der Waals surface area (Å²) in [4.78, 5) is 22.7. The SMILES string of the molecule is CC(C)(C)[Si](C)(C)OC1CC2OC(=O)CC2C1C=O. The Morgan fingerprint density at radius 2 is 2.00 bits per heavy atom. The van der Waals surface area contributed by atoms with Crippen LogP contribution in [0.5, 0.6) is 0 Å². The Hall–Kier alpha value is -0.683. The monoisotopic (exact) mass is 284 g/mol. The van der Waals surface area contributed by atoms with Gasteiger partial charge in [0.15, 0.2) is 8.32 Å². The molecule has 2 fully saturated rings. The van der Waals surface area contributed by atoms with Gasteiger partial charge in [0.2, 0.25) is 0 Å². The van der Waals surface area contributed by atoms with Crippen LogP contribution in [-0.4, -0.2) is 32.8 Å². The van der Waals surface area contributed by atoms with Gasteiger partial charge in [-0.15, -0.1) is 0 Å². The van der Waals surface area contributed by atoms with Gasteiger partial charge in [-0.1, -0.05) is 20.8 Å². The number of hydrogen-bond donors (Lipinski definition) is 0. The summed E-state index contributed by atoms with van der Waals surface area (Å²) in [5.74, 6) is -0.335. The third kappa shape index (κ3) is 2.63. The van der Waals surface area contributed by atoms with Gasteiger partial charge in [-0.25, -0.2) is 0 Å². The first-order valence-corrected chi connectivity index (χ1v) is 9.89. The summed E-state index contributed by atoms with van der Waals surface area (Å²) in [6.45, 7) is 10.9. The first-order chi connectivity index (χ1) is 8.65. The molecule has 0 N–H and O–H groups in total. The molecule has 4 atom stereocenters. The number of fused-ring (bicyclic) bond motifs is 1. The highest BCUT2D eigenvalue weighted by Gasteiger charge is 2.53. The summed E-state index contributed by atoms with van der Waals surface area (Å²) in [5, 5.41) is 0.120. The minimum atomic E-state index is -1.89. The van der Waals surface area contributed by atoms with E-state index in [-0.39, 0.29) is 35.1 Å². The lowest BCUT2D eigenvalue weighted by atomic mass is 9.94. The molecular weight excluding hydrogens is 260 g/mol. The molecule has 19 heavy (non-hydrogen) atoms. The number of hydrogen-bond acceptors (Lipinski definition) is 4. The Balaban J connectivity index is 2.11. The van der Waals surface area contributed by atoms with E-state index in [1.54, 1.807) is 0 Å². The van der Waals surface area contributed by atoms with E-state index in [0.29, 0.717) is 12.8 Å². The Morgan fingerprint density at radius 3 is 2.53 bits per heavy atom. The molecule has 0 spiro atoms. The van der Waals surface area contributed by atoms with Gasteiger partial charge < -0.3 is 14.0 Å². The first-order valence-electron chi connectivity index (χ1n) is 6.98. The van der Waals surface area contributed by atoms with Crippen molar-refractivity contribution in [1.82, 2.24) is 0 Å².